The van der Waals surface area contributed by atoms with Crippen LogP contribution in [0.2, 0.25) is 0 Å². The van der Waals surface area contributed by atoms with Crippen LogP contribution in [-0.4, -0.2) is 53.6 Å². The van der Waals surface area contributed by atoms with Gasteiger partial charge in [0, 0.05) is 37.3 Å². The Morgan fingerprint density at radius 1 is 0.778 bits per heavy atom. The lowest BCUT2D eigenvalue weighted by molar-refractivity contribution is -0.143. The molecule has 3 N–H and O–H groups in total. The molecule has 2 amide bonds. The van der Waals surface area contributed by atoms with Crippen LogP contribution in [0.15, 0.2) is 72.8 Å². The van der Waals surface area contributed by atoms with Crippen molar-refractivity contribution in [2.24, 2.45) is 0 Å². The first-order chi connectivity index (χ1) is 21.2. The fraction of sp³-hybridized carbons (Fsp3) is 0.394. The van der Waals surface area contributed by atoms with E-state index in [0.29, 0.717) is 30.8 Å². The molecule has 0 saturated heterocycles. The smallest absolute Gasteiger partial charge is 0.390 e. The van der Waals surface area contributed by atoms with E-state index in [-0.39, 0.29) is 36.1 Å². The van der Waals surface area contributed by atoms with Gasteiger partial charge in [0.15, 0.2) is 0 Å². The van der Waals surface area contributed by atoms with Gasteiger partial charge >= 0.3 is 12.4 Å². The molecule has 0 aliphatic rings. The predicted molar refractivity (Wildman–Crippen MR) is 158 cm³/mol. The molecule has 12 heteroatoms. The number of hydrogen-bond donors (Lipinski definition) is 3. The van der Waals surface area contributed by atoms with Crippen LogP contribution in [0.1, 0.15) is 69.7 Å². The average Bonchev–Trinajstić information content (AvgIpc) is 2.99. The molecule has 0 fully saturated rings. The standard InChI is InChI=1S/C33H37F6N3O3/c1-3-13-42(14-4-2)31(45)25-12-8-11-24(18-25)30(44)41-28(17-22-9-6-5-7-10-22)29(43)21-40-20-23-15-26(32(34,35)36)19-27(16-23)33(37,38)39/h5-12,15-16,18-19,28-29,40,43H,3-4,13-14,17,20-21H2,1-2H3,(H,41,44)/t28-,29+/m0/s1. The van der Waals surface area contributed by atoms with Crippen molar-refractivity contribution >= 4 is 11.8 Å². The lowest BCUT2D eigenvalue weighted by Crippen LogP contribution is -2.48. The first-order valence-corrected chi connectivity index (χ1v) is 14.6. The van der Waals surface area contributed by atoms with Gasteiger partial charge in [0.05, 0.1) is 23.3 Å². The molecule has 0 unspecified atom stereocenters. The Morgan fingerprint density at radius 2 is 1.36 bits per heavy atom. The van der Waals surface area contributed by atoms with Crippen molar-refractivity contribution in [2.75, 3.05) is 19.6 Å². The number of alkyl halides is 6. The van der Waals surface area contributed by atoms with Crippen LogP contribution in [0.25, 0.3) is 0 Å². The Kier molecular flexibility index (Phi) is 12.6. The number of carbonyl (C=O) groups excluding carboxylic acids is 2. The number of nitrogens with zero attached hydrogens (tertiary/aromatic N) is 1. The molecule has 0 heterocycles. The second-order valence-electron chi connectivity index (χ2n) is 10.8. The lowest BCUT2D eigenvalue weighted by atomic mass is 10.00. The van der Waals surface area contributed by atoms with Gasteiger partial charge in [-0.1, -0.05) is 50.2 Å². The molecule has 0 saturated carbocycles. The molecule has 3 rings (SSSR count). The summed E-state index contributed by atoms with van der Waals surface area (Å²) in [6.45, 7) is 4.42. The maximum Gasteiger partial charge on any atom is 0.416 e. The van der Waals surface area contributed by atoms with Crippen LogP contribution in [-0.2, 0) is 25.3 Å². The van der Waals surface area contributed by atoms with Crippen molar-refractivity contribution in [3.63, 3.8) is 0 Å². The van der Waals surface area contributed by atoms with E-state index in [4.69, 9.17) is 0 Å². The normalized spacial score (nSPS) is 13.3. The third-order valence-electron chi connectivity index (χ3n) is 7.06. The van der Waals surface area contributed by atoms with E-state index in [1.165, 1.54) is 12.1 Å². The molecule has 0 spiro atoms. The van der Waals surface area contributed by atoms with Gasteiger partial charge in [-0.05, 0) is 66.8 Å². The molecule has 2 atom stereocenters. The molecule has 0 bridgehead atoms. The quantitative estimate of drug-likeness (QED) is 0.177. The van der Waals surface area contributed by atoms with Gasteiger partial charge in [0.1, 0.15) is 0 Å². The van der Waals surface area contributed by atoms with Gasteiger partial charge in [0.2, 0.25) is 0 Å². The highest BCUT2D eigenvalue weighted by atomic mass is 19.4. The van der Waals surface area contributed by atoms with E-state index in [2.05, 4.69) is 10.6 Å². The van der Waals surface area contributed by atoms with Gasteiger partial charge < -0.3 is 20.6 Å². The lowest BCUT2D eigenvalue weighted by Gasteiger charge is -2.25. The Balaban J connectivity index is 1.77. The highest BCUT2D eigenvalue weighted by Gasteiger charge is 2.37. The monoisotopic (exact) mass is 637 g/mol. The molecule has 0 aliphatic heterocycles. The van der Waals surface area contributed by atoms with Crippen LogP contribution in [0, 0.1) is 0 Å². The number of rotatable bonds is 14. The summed E-state index contributed by atoms with van der Waals surface area (Å²) in [7, 11) is 0. The second kappa shape index (κ2) is 15.9. The average molecular weight is 638 g/mol. The van der Waals surface area contributed by atoms with Crippen LogP contribution < -0.4 is 10.6 Å². The number of halogens is 6. The third kappa shape index (κ3) is 10.6. The van der Waals surface area contributed by atoms with Crippen LogP contribution in [0.5, 0.6) is 0 Å². The van der Waals surface area contributed by atoms with Crippen molar-refractivity contribution in [2.45, 2.75) is 64.2 Å². The minimum atomic E-state index is -4.98. The minimum Gasteiger partial charge on any atom is -0.390 e. The molecule has 0 aliphatic carbocycles. The molecule has 45 heavy (non-hydrogen) atoms. The Morgan fingerprint density at radius 3 is 1.91 bits per heavy atom. The summed E-state index contributed by atoms with van der Waals surface area (Å²) < 4.78 is 79.5. The van der Waals surface area contributed by atoms with E-state index < -0.39 is 48.1 Å². The third-order valence-corrected chi connectivity index (χ3v) is 7.06. The number of aliphatic hydroxyl groups excluding tert-OH is 1. The molecule has 3 aromatic carbocycles. The van der Waals surface area contributed by atoms with E-state index in [1.54, 1.807) is 47.4 Å². The highest BCUT2D eigenvalue weighted by molar-refractivity contribution is 5.99. The van der Waals surface area contributed by atoms with E-state index in [0.717, 1.165) is 18.4 Å². The zero-order valence-corrected chi connectivity index (χ0v) is 25.0. The summed E-state index contributed by atoms with van der Waals surface area (Å²) in [4.78, 5) is 28.1. The number of hydrogen-bond acceptors (Lipinski definition) is 4. The molecule has 3 aromatic rings. The molecule has 6 nitrogen and oxygen atoms in total. The van der Waals surface area contributed by atoms with E-state index in [1.807, 2.05) is 13.8 Å². The van der Waals surface area contributed by atoms with Crippen molar-refractivity contribution in [3.05, 3.63) is 106 Å². The maximum absolute atomic E-state index is 13.3. The fourth-order valence-electron chi connectivity index (χ4n) is 4.86. The zero-order valence-electron chi connectivity index (χ0n) is 25.0. The number of nitrogens with one attached hydrogen (secondary N) is 2. The summed E-state index contributed by atoms with van der Waals surface area (Å²) in [6, 6.07) is 15.5. The largest absolute Gasteiger partial charge is 0.416 e. The summed E-state index contributed by atoms with van der Waals surface area (Å²) >= 11 is 0. The first kappa shape index (κ1) is 35.6. The topological polar surface area (TPSA) is 81.7 Å². The summed E-state index contributed by atoms with van der Waals surface area (Å²) in [5, 5.41) is 16.5. The van der Waals surface area contributed by atoms with Crippen molar-refractivity contribution < 1.29 is 41.0 Å². The fourth-order valence-corrected chi connectivity index (χ4v) is 4.86. The summed E-state index contributed by atoms with van der Waals surface area (Å²) in [6.07, 6.45) is -9.51. The molecule has 0 radical (unpaired) electrons. The van der Waals surface area contributed by atoms with Crippen molar-refractivity contribution in [1.29, 1.82) is 0 Å². The molecule has 0 aromatic heterocycles. The number of amides is 2. The molecular formula is C33H37F6N3O3. The van der Waals surface area contributed by atoms with Crippen LogP contribution >= 0.6 is 0 Å². The van der Waals surface area contributed by atoms with Gasteiger partial charge in [-0.2, -0.15) is 26.3 Å². The van der Waals surface area contributed by atoms with E-state index >= 15 is 0 Å². The summed E-state index contributed by atoms with van der Waals surface area (Å²) in [5.41, 5.74) is -1.83. The van der Waals surface area contributed by atoms with Gasteiger partial charge in [-0.25, -0.2) is 0 Å². The molecule has 244 valence electrons. The van der Waals surface area contributed by atoms with Gasteiger partial charge in [-0.3, -0.25) is 9.59 Å². The van der Waals surface area contributed by atoms with Crippen LogP contribution in [0.4, 0.5) is 26.3 Å². The Labute approximate surface area is 258 Å². The predicted octanol–water partition coefficient (Wildman–Crippen LogP) is 6.48. The molecular weight excluding hydrogens is 600 g/mol. The SMILES string of the molecule is CCCN(CCC)C(=O)c1cccc(C(=O)N[C@@H](Cc2ccccc2)[C@H](O)CNCc2cc(C(F)(F)F)cc(C(F)(F)F)c2)c1. The minimum absolute atomic E-state index is 0.0530. The van der Waals surface area contributed by atoms with Crippen molar-refractivity contribution in [1.82, 2.24) is 15.5 Å². The van der Waals surface area contributed by atoms with Gasteiger partial charge in [0.25, 0.3) is 11.8 Å². The second-order valence-corrected chi connectivity index (χ2v) is 10.8. The van der Waals surface area contributed by atoms with Gasteiger partial charge in [-0.15, -0.1) is 0 Å². The van der Waals surface area contributed by atoms with Crippen molar-refractivity contribution in [3.8, 4) is 0 Å². The van der Waals surface area contributed by atoms with Crippen LogP contribution in [0.3, 0.4) is 0 Å². The summed E-state index contributed by atoms with van der Waals surface area (Å²) in [5.74, 6) is -0.767. The highest BCUT2D eigenvalue weighted by Crippen LogP contribution is 2.36. The number of aliphatic hydroxyl groups is 1. The van der Waals surface area contributed by atoms with E-state index in [9.17, 15) is 41.0 Å². The number of benzene rings is 3. The maximum atomic E-state index is 13.3. The Hall–Kier alpha value is -3.90. The zero-order chi connectivity index (χ0) is 33.2. The Bertz CT molecular complexity index is 1370. The first-order valence-electron chi connectivity index (χ1n) is 14.6. The number of carbonyl (C=O) groups is 2.